The Balaban J connectivity index is 1.67. The number of rotatable bonds is 7. The fourth-order valence-electron chi connectivity index (χ4n) is 2.61. The molecule has 12 heteroatoms. The molecule has 31 heavy (non-hydrogen) atoms. The van der Waals surface area contributed by atoms with Gasteiger partial charge in [0.15, 0.2) is 34.6 Å². The van der Waals surface area contributed by atoms with Crippen molar-refractivity contribution in [1.82, 2.24) is 15.0 Å². The second-order valence-corrected chi connectivity index (χ2v) is 6.18. The molecule has 0 aliphatic heterocycles. The summed E-state index contributed by atoms with van der Waals surface area (Å²) in [6, 6.07) is 7.66. The number of carbonyl (C=O) groups excluding carboxylic acids is 2. The molecule has 0 radical (unpaired) electrons. The van der Waals surface area contributed by atoms with E-state index in [1.54, 1.807) is 18.2 Å². The molecular weight excluding hydrogens is 414 g/mol. The van der Waals surface area contributed by atoms with Crippen LogP contribution in [0.3, 0.4) is 0 Å². The Kier molecular flexibility index (Phi) is 6.29. The molecule has 2 amide bonds. The quantitative estimate of drug-likeness (QED) is 0.520. The summed E-state index contributed by atoms with van der Waals surface area (Å²) < 4.78 is 37.6. The molecule has 0 fully saturated rings. The Labute approximate surface area is 174 Å². The molecule has 0 saturated heterocycles. The lowest BCUT2D eigenvalue weighted by atomic mass is 10.2. The highest BCUT2D eigenvalue weighted by Crippen LogP contribution is 2.29. The lowest BCUT2D eigenvalue weighted by Gasteiger charge is -2.11. The molecule has 0 spiro atoms. The molecule has 0 aliphatic carbocycles. The van der Waals surface area contributed by atoms with Crippen LogP contribution >= 0.6 is 0 Å². The average Bonchev–Trinajstić information content (AvgIpc) is 3.10. The van der Waals surface area contributed by atoms with Gasteiger partial charge in [0.2, 0.25) is 5.91 Å². The van der Waals surface area contributed by atoms with Gasteiger partial charge in [-0.15, -0.1) is 5.10 Å². The van der Waals surface area contributed by atoms with Crippen LogP contribution in [0.15, 0.2) is 36.4 Å². The van der Waals surface area contributed by atoms with Crippen LogP contribution in [-0.2, 0) is 11.3 Å². The first-order chi connectivity index (χ1) is 14.8. The van der Waals surface area contributed by atoms with Crippen LogP contribution in [0.4, 0.5) is 26.0 Å². The highest BCUT2D eigenvalue weighted by molar-refractivity contribution is 6.05. The maximum absolute atomic E-state index is 13.3. The van der Waals surface area contributed by atoms with E-state index in [9.17, 15) is 18.4 Å². The second kappa shape index (κ2) is 9.07. The molecule has 10 nitrogen and oxygen atoms in total. The number of anilines is 3. The summed E-state index contributed by atoms with van der Waals surface area (Å²) in [7, 11) is 2.95. The molecule has 0 saturated carbocycles. The number of hydrogen-bond donors (Lipinski definition) is 3. The van der Waals surface area contributed by atoms with E-state index >= 15 is 0 Å². The van der Waals surface area contributed by atoms with E-state index in [4.69, 9.17) is 15.2 Å². The summed E-state index contributed by atoms with van der Waals surface area (Å²) in [6.07, 6.45) is 0. The number of nitrogens with one attached hydrogen (secondary N) is 2. The molecule has 3 aromatic rings. The Morgan fingerprint density at radius 3 is 2.35 bits per heavy atom. The average molecular weight is 432 g/mol. The van der Waals surface area contributed by atoms with Crippen molar-refractivity contribution in [3.8, 4) is 11.5 Å². The summed E-state index contributed by atoms with van der Waals surface area (Å²) in [4.78, 5) is 24.6. The molecule has 2 aromatic carbocycles. The van der Waals surface area contributed by atoms with Gasteiger partial charge in [0.05, 0.1) is 14.2 Å². The van der Waals surface area contributed by atoms with Crippen molar-refractivity contribution in [3.63, 3.8) is 0 Å². The molecule has 162 valence electrons. The minimum Gasteiger partial charge on any atom is -0.493 e. The van der Waals surface area contributed by atoms with Crippen LogP contribution in [0.25, 0.3) is 0 Å². The van der Waals surface area contributed by atoms with Gasteiger partial charge < -0.3 is 25.8 Å². The number of halogens is 2. The van der Waals surface area contributed by atoms with Crippen molar-refractivity contribution in [1.29, 1.82) is 0 Å². The molecule has 3 rings (SSSR count). The number of methoxy groups -OCH3 is 2. The van der Waals surface area contributed by atoms with Gasteiger partial charge in [-0.05, 0) is 24.3 Å². The Hall–Kier alpha value is -4.22. The normalized spacial score (nSPS) is 10.5. The van der Waals surface area contributed by atoms with Crippen molar-refractivity contribution in [2.24, 2.45) is 0 Å². The van der Waals surface area contributed by atoms with Crippen LogP contribution in [0, 0.1) is 11.6 Å². The standard InChI is InChI=1S/C19H18F2N6O4/c1-30-14-6-4-11(8-15(14)31-2)23-16(28)9-27-18(22)17(25-26-27)19(29)24-10-3-5-12(20)13(21)7-10/h3-8H,9,22H2,1-2H3,(H,23,28)(H,24,29). The predicted octanol–water partition coefficient (Wildman–Crippen LogP) is 2.05. The Bertz CT molecular complexity index is 1130. The van der Waals surface area contributed by atoms with Gasteiger partial charge in [-0.2, -0.15) is 0 Å². The zero-order valence-electron chi connectivity index (χ0n) is 16.5. The third-order valence-electron chi connectivity index (χ3n) is 4.13. The van der Waals surface area contributed by atoms with Gasteiger partial charge in [0, 0.05) is 23.5 Å². The largest absolute Gasteiger partial charge is 0.493 e. The Morgan fingerprint density at radius 1 is 1.00 bits per heavy atom. The van der Waals surface area contributed by atoms with E-state index in [0.29, 0.717) is 17.2 Å². The number of aromatic nitrogens is 3. The van der Waals surface area contributed by atoms with E-state index in [1.165, 1.54) is 20.3 Å². The number of nitrogens with two attached hydrogens (primary N) is 1. The summed E-state index contributed by atoms with van der Waals surface area (Å²) in [5, 5.41) is 12.3. The predicted molar refractivity (Wildman–Crippen MR) is 107 cm³/mol. The molecule has 0 unspecified atom stereocenters. The third-order valence-corrected chi connectivity index (χ3v) is 4.13. The molecule has 0 aliphatic rings. The number of nitrogen functional groups attached to an aromatic ring is 1. The summed E-state index contributed by atoms with van der Waals surface area (Å²) in [6.45, 7) is -0.328. The maximum Gasteiger partial charge on any atom is 0.280 e. The number of benzene rings is 2. The van der Waals surface area contributed by atoms with E-state index in [1.807, 2.05) is 0 Å². The minimum atomic E-state index is -1.12. The monoisotopic (exact) mass is 432 g/mol. The van der Waals surface area contributed by atoms with Crippen molar-refractivity contribution in [2.45, 2.75) is 6.54 Å². The molecular formula is C19H18F2N6O4. The summed E-state index contributed by atoms with van der Waals surface area (Å²) in [5.41, 5.74) is 6.04. The fraction of sp³-hybridized carbons (Fsp3) is 0.158. The zero-order chi connectivity index (χ0) is 22.5. The molecule has 0 atom stereocenters. The number of hydrogen-bond acceptors (Lipinski definition) is 7. The van der Waals surface area contributed by atoms with Crippen LogP contribution in [0.2, 0.25) is 0 Å². The Morgan fingerprint density at radius 2 is 1.68 bits per heavy atom. The van der Waals surface area contributed by atoms with Gasteiger partial charge in [0.25, 0.3) is 5.91 Å². The van der Waals surface area contributed by atoms with E-state index in [2.05, 4.69) is 20.9 Å². The fourth-order valence-corrected chi connectivity index (χ4v) is 2.61. The van der Waals surface area contributed by atoms with E-state index in [-0.39, 0.29) is 23.7 Å². The van der Waals surface area contributed by atoms with E-state index in [0.717, 1.165) is 16.8 Å². The molecule has 0 bridgehead atoms. The van der Waals surface area contributed by atoms with Crippen LogP contribution < -0.4 is 25.8 Å². The van der Waals surface area contributed by atoms with Gasteiger partial charge in [-0.25, -0.2) is 13.5 Å². The van der Waals surface area contributed by atoms with Crippen LogP contribution in [0.5, 0.6) is 11.5 Å². The highest BCUT2D eigenvalue weighted by atomic mass is 19.2. The van der Waals surface area contributed by atoms with E-state index < -0.39 is 23.4 Å². The van der Waals surface area contributed by atoms with Crippen molar-refractivity contribution in [3.05, 3.63) is 53.7 Å². The van der Waals surface area contributed by atoms with Gasteiger partial charge >= 0.3 is 0 Å². The smallest absolute Gasteiger partial charge is 0.280 e. The first-order valence-corrected chi connectivity index (χ1v) is 8.79. The van der Waals surface area contributed by atoms with Gasteiger partial charge in [-0.1, -0.05) is 5.21 Å². The molecule has 1 aromatic heterocycles. The molecule has 4 N–H and O–H groups in total. The van der Waals surface area contributed by atoms with Gasteiger partial charge in [-0.3, -0.25) is 9.59 Å². The SMILES string of the molecule is COc1ccc(NC(=O)Cn2nnc(C(=O)Nc3ccc(F)c(F)c3)c2N)cc1OC. The zero-order valence-corrected chi connectivity index (χ0v) is 16.5. The first kappa shape index (κ1) is 21.5. The minimum absolute atomic E-state index is 0.00375. The van der Waals surface area contributed by atoms with Crippen molar-refractivity contribution >= 4 is 29.0 Å². The maximum atomic E-state index is 13.3. The van der Waals surface area contributed by atoms with Gasteiger partial charge in [0.1, 0.15) is 6.54 Å². The van der Waals surface area contributed by atoms with Crippen molar-refractivity contribution < 1.29 is 27.8 Å². The topological polar surface area (TPSA) is 133 Å². The first-order valence-electron chi connectivity index (χ1n) is 8.79. The van der Waals surface area contributed by atoms with Crippen LogP contribution in [-0.4, -0.2) is 41.0 Å². The third kappa shape index (κ3) is 4.86. The van der Waals surface area contributed by atoms with Crippen LogP contribution in [0.1, 0.15) is 10.5 Å². The number of nitrogens with zero attached hydrogens (tertiary/aromatic N) is 3. The number of ether oxygens (including phenoxy) is 2. The molecule has 1 heterocycles. The highest BCUT2D eigenvalue weighted by Gasteiger charge is 2.20. The number of carbonyl (C=O) groups is 2. The second-order valence-electron chi connectivity index (χ2n) is 6.18. The summed E-state index contributed by atoms with van der Waals surface area (Å²) in [5.74, 6) is -2.71. The van der Waals surface area contributed by atoms with Crippen molar-refractivity contribution in [2.75, 3.05) is 30.6 Å². The number of amides is 2. The summed E-state index contributed by atoms with van der Waals surface area (Å²) >= 11 is 0. The lowest BCUT2D eigenvalue weighted by molar-refractivity contribution is -0.116. The lowest BCUT2D eigenvalue weighted by Crippen LogP contribution is -2.21.